The third kappa shape index (κ3) is 1.93. The van der Waals surface area contributed by atoms with Crippen molar-refractivity contribution in [1.29, 1.82) is 0 Å². The van der Waals surface area contributed by atoms with E-state index in [1.807, 2.05) is 28.7 Å². The van der Waals surface area contributed by atoms with E-state index < -0.39 is 0 Å². The lowest BCUT2D eigenvalue weighted by atomic mass is 10.3. The lowest BCUT2D eigenvalue weighted by Gasteiger charge is -2.22. The summed E-state index contributed by atoms with van der Waals surface area (Å²) in [6.45, 7) is 3.09. The molecular formula is C9H9FINS. The molecule has 1 aromatic carbocycles. The summed E-state index contributed by atoms with van der Waals surface area (Å²) < 4.78 is 13.9. The van der Waals surface area contributed by atoms with Gasteiger partial charge in [0, 0.05) is 22.4 Å². The van der Waals surface area contributed by atoms with Crippen LogP contribution in [0.25, 0.3) is 0 Å². The molecule has 0 amide bonds. The fourth-order valence-electron chi connectivity index (χ4n) is 1.28. The maximum atomic E-state index is 13.2. The topological polar surface area (TPSA) is 12.0 Å². The number of halogens is 2. The van der Waals surface area contributed by atoms with Crippen molar-refractivity contribution in [3.05, 3.63) is 21.5 Å². The van der Waals surface area contributed by atoms with Gasteiger partial charge in [0.2, 0.25) is 0 Å². The second kappa shape index (κ2) is 3.65. The Morgan fingerprint density at radius 2 is 2.38 bits per heavy atom. The fraction of sp³-hybridized carbons (Fsp3) is 0.333. The smallest absolute Gasteiger partial charge is 0.137 e. The standard InChI is InChI=1S/C9H9FINS/c1-5-4-12-8-3-7(11)6(10)2-9(8)13-5/h2-3,5,12H,4H2,1H3. The van der Waals surface area contributed by atoms with Gasteiger partial charge in [-0.2, -0.15) is 0 Å². The molecule has 0 radical (unpaired) electrons. The predicted molar refractivity (Wildman–Crippen MR) is 62.9 cm³/mol. The lowest BCUT2D eigenvalue weighted by molar-refractivity contribution is 0.616. The molecule has 1 aliphatic heterocycles. The lowest BCUT2D eigenvalue weighted by Crippen LogP contribution is -2.18. The van der Waals surface area contributed by atoms with Gasteiger partial charge in [0.25, 0.3) is 0 Å². The molecule has 4 heteroatoms. The monoisotopic (exact) mass is 309 g/mol. The van der Waals surface area contributed by atoms with Gasteiger partial charge in [0.05, 0.1) is 3.57 Å². The Balaban J connectivity index is 2.43. The molecule has 0 aliphatic carbocycles. The van der Waals surface area contributed by atoms with Crippen LogP contribution in [0.5, 0.6) is 0 Å². The van der Waals surface area contributed by atoms with E-state index in [0.717, 1.165) is 17.1 Å². The van der Waals surface area contributed by atoms with Gasteiger partial charge in [0.1, 0.15) is 5.82 Å². The van der Waals surface area contributed by atoms with E-state index in [0.29, 0.717) is 8.82 Å². The summed E-state index contributed by atoms with van der Waals surface area (Å²) in [6, 6.07) is 3.48. The van der Waals surface area contributed by atoms with E-state index >= 15 is 0 Å². The Labute approximate surface area is 94.6 Å². The first-order valence-electron chi connectivity index (χ1n) is 4.06. The molecular weight excluding hydrogens is 300 g/mol. The van der Waals surface area contributed by atoms with Crippen LogP contribution in [0.1, 0.15) is 6.92 Å². The van der Waals surface area contributed by atoms with E-state index in [1.165, 1.54) is 0 Å². The second-order valence-corrected chi connectivity index (χ2v) is 5.71. The zero-order chi connectivity index (χ0) is 9.42. The van der Waals surface area contributed by atoms with Crippen LogP contribution in [0.4, 0.5) is 10.1 Å². The summed E-state index contributed by atoms with van der Waals surface area (Å²) in [7, 11) is 0. The number of hydrogen-bond acceptors (Lipinski definition) is 2. The summed E-state index contributed by atoms with van der Waals surface area (Å²) in [6.07, 6.45) is 0. The van der Waals surface area contributed by atoms with Gasteiger partial charge >= 0.3 is 0 Å². The summed E-state index contributed by atoms with van der Waals surface area (Å²) in [4.78, 5) is 1.02. The first-order valence-corrected chi connectivity index (χ1v) is 6.02. The van der Waals surface area contributed by atoms with Crippen LogP contribution in [-0.4, -0.2) is 11.8 Å². The molecule has 0 saturated heterocycles. The van der Waals surface area contributed by atoms with E-state index in [9.17, 15) is 4.39 Å². The van der Waals surface area contributed by atoms with Crippen LogP contribution in [-0.2, 0) is 0 Å². The number of rotatable bonds is 0. The molecule has 1 unspecified atom stereocenters. The summed E-state index contributed by atoms with van der Waals surface area (Å²) in [5.74, 6) is -0.122. The first kappa shape index (κ1) is 9.58. The highest BCUT2D eigenvalue weighted by Gasteiger charge is 2.16. The van der Waals surface area contributed by atoms with Crippen molar-refractivity contribution < 1.29 is 4.39 Å². The Bertz CT molecular complexity index is 343. The van der Waals surface area contributed by atoms with Gasteiger partial charge in [-0.25, -0.2) is 4.39 Å². The number of fused-ring (bicyclic) bond motifs is 1. The number of thioether (sulfide) groups is 1. The average Bonchev–Trinajstić information content (AvgIpc) is 2.08. The van der Waals surface area contributed by atoms with Crippen molar-refractivity contribution in [2.45, 2.75) is 17.1 Å². The molecule has 2 rings (SSSR count). The molecule has 1 heterocycles. The maximum absolute atomic E-state index is 13.2. The largest absolute Gasteiger partial charge is 0.383 e. The minimum atomic E-state index is -0.122. The van der Waals surface area contributed by atoms with E-state index in [2.05, 4.69) is 12.2 Å². The van der Waals surface area contributed by atoms with Gasteiger partial charge < -0.3 is 5.32 Å². The minimum Gasteiger partial charge on any atom is -0.383 e. The third-order valence-corrected chi connectivity index (χ3v) is 3.92. The van der Waals surface area contributed by atoms with E-state index in [1.54, 1.807) is 17.8 Å². The molecule has 0 bridgehead atoms. The molecule has 1 N–H and O–H groups in total. The first-order chi connectivity index (χ1) is 6.16. The van der Waals surface area contributed by atoms with Crippen LogP contribution in [0.3, 0.4) is 0 Å². The molecule has 0 spiro atoms. The molecule has 0 fully saturated rings. The van der Waals surface area contributed by atoms with Crippen molar-refractivity contribution in [2.24, 2.45) is 0 Å². The van der Waals surface area contributed by atoms with Gasteiger partial charge in [-0.05, 0) is 34.7 Å². The molecule has 0 saturated carbocycles. The van der Waals surface area contributed by atoms with Crippen LogP contribution in [0.2, 0.25) is 0 Å². The van der Waals surface area contributed by atoms with E-state index in [4.69, 9.17) is 0 Å². The van der Waals surface area contributed by atoms with Crippen LogP contribution in [0, 0.1) is 9.39 Å². The van der Waals surface area contributed by atoms with Crippen molar-refractivity contribution >= 4 is 40.0 Å². The molecule has 1 nitrogen and oxygen atoms in total. The predicted octanol–water partition coefficient (Wildman–Crippen LogP) is 3.34. The number of nitrogens with one attached hydrogen (secondary N) is 1. The van der Waals surface area contributed by atoms with Gasteiger partial charge in [-0.1, -0.05) is 6.92 Å². The zero-order valence-electron chi connectivity index (χ0n) is 7.10. The molecule has 0 aromatic heterocycles. The highest BCUT2D eigenvalue weighted by atomic mass is 127. The summed E-state index contributed by atoms with van der Waals surface area (Å²) in [5, 5.41) is 3.81. The zero-order valence-corrected chi connectivity index (χ0v) is 10.1. The van der Waals surface area contributed by atoms with Crippen molar-refractivity contribution in [2.75, 3.05) is 11.9 Å². The molecule has 1 atom stereocenters. The van der Waals surface area contributed by atoms with Crippen LogP contribution < -0.4 is 5.32 Å². The van der Waals surface area contributed by atoms with Gasteiger partial charge in [-0.3, -0.25) is 0 Å². The highest BCUT2D eigenvalue weighted by Crippen LogP contribution is 2.36. The SMILES string of the molecule is CC1CNc2cc(I)c(F)cc2S1. The normalized spacial score (nSPS) is 20.7. The number of benzene rings is 1. The number of anilines is 1. The maximum Gasteiger partial charge on any atom is 0.137 e. The second-order valence-electron chi connectivity index (χ2n) is 3.07. The van der Waals surface area contributed by atoms with Crippen LogP contribution in [0.15, 0.2) is 17.0 Å². The Hall–Kier alpha value is 0.0300. The fourth-order valence-corrected chi connectivity index (χ4v) is 2.77. The molecule has 1 aliphatic rings. The Morgan fingerprint density at radius 1 is 1.62 bits per heavy atom. The highest BCUT2D eigenvalue weighted by molar-refractivity contribution is 14.1. The van der Waals surface area contributed by atoms with Crippen molar-refractivity contribution in [3.8, 4) is 0 Å². The summed E-state index contributed by atoms with van der Waals surface area (Å²) >= 11 is 3.74. The van der Waals surface area contributed by atoms with E-state index in [-0.39, 0.29) is 5.82 Å². The number of hydrogen-bond donors (Lipinski definition) is 1. The molecule has 13 heavy (non-hydrogen) atoms. The molecule has 1 aromatic rings. The van der Waals surface area contributed by atoms with Gasteiger partial charge in [-0.15, -0.1) is 11.8 Å². The Kier molecular flexibility index (Phi) is 2.69. The van der Waals surface area contributed by atoms with Crippen molar-refractivity contribution in [1.82, 2.24) is 0 Å². The molecule has 70 valence electrons. The quantitative estimate of drug-likeness (QED) is 0.738. The van der Waals surface area contributed by atoms with Crippen molar-refractivity contribution in [3.63, 3.8) is 0 Å². The minimum absolute atomic E-state index is 0.122. The van der Waals surface area contributed by atoms with Crippen LogP contribution >= 0.6 is 34.4 Å². The summed E-state index contributed by atoms with van der Waals surface area (Å²) in [5.41, 5.74) is 1.06. The Morgan fingerprint density at radius 3 is 3.15 bits per heavy atom. The van der Waals surface area contributed by atoms with Gasteiger partial charge in [0.15, 0.2) is 0 Å². The third-order valence-electron chi connectivity index (χ3n) is 1.93. The average molecular weight is 309 g/mol.